The Labute approximate surface area is 126 Å². The van der Waals surface area contributed by atoms with E-state index < -0.39 is 24.1 Å². The molecule has 2 rings (SSSR count). The van der Waals surface area contributed by atoms with Crippen molar-refractivity contribution in [1.29, 1.82) is 0 Å². The summed E-state index contributed by atoms with van der Waals surface area (Å²) in [4.78, 5) is 12.3. The van der Waals surface area contributed by atoms with Gasteiger partial charge in [-0.25, -0.2) is 4.79 Å². The molecule has 0 saturated heterocycles. The summed E-state index contributed by atoms with van der Waals surface area (Å²) in [6.45, 7) is 4.78. The molecular formula is C14H19F2N3O3. The van der Waals surface area contributed by atoms with E-state index in [1.807, 2.05) is 0 Å². The Bertz CT molecular complexity index is 586. The zero-order chi connectivity index (χ0) is 16.5. The third-order valence-electron chi connectivity index (χ3n) is 3.92. The Balaban J connectivity index is 2.24. The van der Waals surface area contributed by atoms with Gasteiger partial charge in [0.15, 0.2) is 0 Å². The second kappa shape index (κ2) is 6.04. The van der Waals surface area contributed by atoms with E-state index in [0.29, 0.717) is 17.7 Å². The number of nitrogens with zero attached hydrogens (tertiary/aromatic N) is 2. The van der Waals surface area contributed by atoms with Crippen LogP contribution in [0.25, 0.3) is 0 Å². The van der Waals surface area contributed by atoms with Crippen molar-refractivity contribution >= 4 is 6.09 Å². The normalized spacial score (nSPS) is 18.2. The van der Waals surface area contributed by atoms with Crippen LogP contribution in [-0.4, -0.2) is 44.1 Å². The van der Waals surface area contributed by atoms with Crippen LogP contribution in [0.2, 0.25) is 0 Å². The molecule has 0 aromatic carbocycles. The average Bonchev–Trinajstić information content (AvgIpc) is 2.87. The van der Waals surface area contributed by atoms with Gasteiger partial charge in [0.05, 0.1) is 13.2 Å². The Morgan fingerprint density at radius 3 is 2.86 bits per heavy atom. The second-order valence-corrected chi connectivity index (χ2v) is 5.61. The molecular weight excluding hydrogens is 296 g/mol. The standard InChI is InChI=1S/C14H19F2N3O3/c1-8(7-20)3-4-14(15,16)12-10-6-19(13(21)22)9(2)5-11(10)17-18-12/h9,20H,1,3-7H2,2H3,(H,17,18)(H,21,22)/t9-/m1/s1. The Kier molecular flexibility index (Phi) is 4.50. The van der Waals surface area contributed by atoms with Gasteiger partial charge >= 0.3 is 6.09 Å². The van der Waals surface area contributed by atoms with Gasteiger partial charge in [-0.1, -0.05) is 12.2 Å². The lowest BCUT2D eigenvalue weighted by Gasteiger charge is -2.31. The van der Waals surface area contributed by atoms with Gasteiger partial charge in [0, 0.05) is 30.1 Å². The maximum Gasteiger partial charge on any atom is 0.407 e. The highest BCUT2D eigenvalue weighted by Crippen LogP contribution is 2.38. The molecule has 2 heterocycles. The van der Waals surface area contributed by atoms with E-state index in [0.717, 1.165) is 4.90 Å². The summed E-state index contributed by atoms with van der Waals surface area (Å²) >= 11 is 0. The molecule has 1 amide bonds. The predicted octanol–water partition coefficient (Wildman–Crippen LogP) is 2.25. The third kappa shape index (κ3) is 3.11. The van der Waals surface area contributed by atoms with Crippen molar-refractivity contribution in [2.45, 2.75) is 44.7 Å². The van der Waals surface area contributed by atoms with E-state index in [1.54, 1.807) is 6.92 Å². The number of H-pyrrole nitrogens is 1. The molecule has 0 radical (unpaired) electrons. The minimum Gasteiger partial charge on any atom is -0.465 e. The molecule has 8 heteroatoms. The van der Waals surface area contributed by atoms with Crippen molar-refractivity contribution in [3.05, 3.63) is 29.1 Å². The number of carboxylic acid groups (broad SMARTS) is 1. The van der Waals surface area contributed by atoms with Gasteiger partial charge in [-0.15, -0.1) is 0 Å². The maximum atomic E-state index is 14.3. The zero-order valence-electron chi connectivity index (χ0n) is 12.3. The minimum absolute atomic E-state index is 0.0236. The van der Waals surface area contributed by atoms with Crippen molar-refractivity contribution in [3.8, 4) is 0 Å². The van der Waals surface area contributed by atoms with Crippen LogP contribution in [0.5, 0.6) is 0 Å². The average molecular weight is 315 g/mol. The molecule has 0 unspecified atom stereocenters. The van der Waals surface area contributed by atoms with Gasteiger partial charge in [-0.05, 0) is 13.3 Å². The van der Waals surface area contributed by atoms with E-state index in [9.17, 15) is 13.6 Å². The first-order valence-corrected chi connectivity index (χ1v) is 6.97. The lowest BCUT2D eigenvalue weighted by molar-refractivity contribution is -0.0195. The van der Waals surface area contributed by atoms with Crippen molar-refractivity contribution < 1.29 is 23.8 Å². The first-order valence-electron chi connectivity index (χ1n) is 6.97. The van der Waals surface area contributed by atoms with Crippen molar-refractivity contribution in [2.75, 3.05) is 6.61 Å². The largest absolute Gasteiger partial charge is 0.465 e. The molecule has 0 aliphatic carbocycles. The summed E-state index contributed by atoms with van der Waals surface area (Å²) in [7, 11) is 0. The van der Waals surface area contributed by atoms with Crippen LogP contribution >= 0.6 is 0 Å². The molecule has 122 valence electrons. The summed E-state index contributed by atoms with van der Waals surface area (Å²) in [5.41, 5.74) is 0.719. The molecule has 0 fully saturated rings. The topological polar surface area (TPSA) is 89.5 Å². The van der Waals surface area contributed by atoms with Crippen LogP contribution in [0.15, 0.2) is 12.2 Å². The smallest absolute Gasteiger partial charge is 0.407 e. The summed E-state index contributed by atoms with van der Waals surface area (Å²) in [6.07, 6.45) is -1.35. The van der Waals surface area contributed by atoms with Crippen LogP contribution in [0, 0.1) is 0 Å². The molecule has 3 N–H and O–H groups in total. The quantitative estimate of drug-likeness (QED) is 0.727. The summed E-state index contributed by atoms with van der Waals surface area (Å²) in [5, 5.41) is 24.3. The van der Waals surface area contributed by atoms with Crippen LogP contribution in [0.4, 0.5) is 13.6 Å². The van der Waals surface area contributed by atoms with Gasteiger partial charge in [0.1, 0.15) is 5.69 Å². The SMILES string of the molecule is C=C(CO)CCC(F)(F)c1n[nH]c2c1CN(C(=O)O)[C@H](C)C2. The predicted molar refractivity (Wildman–Crippen MR) is 74.7 cm³/mol. The van der Waals surface area contributed by atoms with Crippen LogP contribution in [-0.2, 0) is 18.9 Å². The molecule has 1 atom stereocenters. The summed E-state index contributed by atoms with van der Waals surface area (Å²) < 4.78 is 28.7. The molecule has 6 nitrogen and oxygen atoms in total. The molecule has 22 heavy (non-hydrogen) atoms. The number of aromatic nitrogens is 2. The van der Waals surface area contributed by atoms with Gasteiger partial charge < -0.3 is 15.1 Å². The molecule has 0 spiro atoms. The summed E-state index contributed by atoms with van der Waals surface area (Å²) in [5.74, 6) is -3.20. The van der Waals surface area contributed by atoms with Crippen LogP contribution in [0.1, 0.15) is 36.7 Å². The molecule has 0 bridgehead atoms. The van der Waals surface area contributed by atoms with Crippen molar-refractivity contribution in [1.82, 2.24) is 15.1 Å². The number of nitrogens with one attached hydrogen (secondary N) is 1. The lowest BCUT2D eigenvalue weighted by atomic mass is 9.96. The number of aromatic amines is 1. The van der Waals surface area contributed by atoms with E-state index in [2.05, 4.69) is 16.8 Å². The Morgan fingerprint density at radius 1 is 1.59 bits per heavy atom. The lowest BCUT2D eigenvalue weighted by Crippen LogP contribution is -2.42. The number of halogens is 2. The van der Waals surface area contributed by atoms with Gasteiger partial charge in [0.25, 0.3) is 5.92 Å². The van der Waals surface area contributed by atoms with Crippen molar-refractivity contribution in [2.24, 2.45) is 0 Å². The highest BCUT2D eigenvalue weighted by molar-refractivity contribution is 5.66. The number of fused-ring (bicyclic) bond motifs is 1. The molecule has 1 aliphatic rings. The van der Waals surface area contributed by atoms with Crippen LogP contribution < -0.4 is 0 Å². The summed E-state index contributed by atoms with van der Waals surface area (Å²) in [6, 6.07) is -0.291. The van der Waals surface area contributed by atoms with Crippen molar-refractivity contribution in [3.63, 3.8) is 0 Å². The molecule has 0 saturated carbocycles. The van der Waals surface area contributed by atoms with Gasteiger partial charge in [-0.2, -0.15) is 13.9 Å². The number of hydrogen-bond acceptors (Lipinski definition) is 3. The van der Waals surface area contributed by atoms with Crippen LogP contribution in [0.3, 0.4) is 0 Å². The second-order valence-electron chi connectivity index (χ2n) is 5.61. The fraction of sp³-hybridized carbons (Fsp3) is 0.571. The minimum atomic E-state index is -3.20. The third-order valence-corrected chi connectivity index (χ3v) is 3.92. The van der Waals surface area contributed by atoms with E-state index in [-0.39, 0.29) is 31.2 Å². The number of rotatable bonds is 5. The first kappa shape index (κ1) is 16.4. The molecule has 1 aromatic rings. The number of amides is 1. The van der Waals surface area contributed by atoms with E-state index in [4.69, 9.17) is 10.2 Å². The fourth-order valence-electron chi connectivity index (χ4n) is 2.56. The number of carbonyl (C=O) groups is 1. The number of aliphatic hydroxyl groups excluding tert-OH is 1. The van der Waals surface area contributed by atoms with Gasteiger partial charge in [-0.3, -0.25) is 5.10 Å². The molecule has 1 aliphatic heterocycles. The maximum absolute atomic E-state index is 14.3. The monoisotopic (exact) mass is 315 g/mol. The highest BCUT2D eigenvalue weighted by Gasteiger charge is 2.40. The Hall–Kier alpha value is -1.96. The fourth-order valence-corrected chi connectivity index (χ4v) is 2.56. The Morgan fingerprint density at radius 2 is 2.27 bits per heavy atom. The van der Waals surface area contributed by atoms with Gasteiger partial charge in [0.2, 0.25) is 0 Å². The molecule has 1 aromatic heterocycles. The van der Waals surface area contributed by atoms with E-state index in [1.165, 1.54) is 0 Å². The highest BCUT2D eigenvalue weighted by atomic mass is 19.3. The van der Waals surface area contributed by atoms with E-state index >= 15 is 0 Å². The number of hydrogen-bond donors (Lipinski definition) is 3. The first-order chi connectivity index (χ1) is 10.3. The number of alkyl halides is 2. The zero-order valence-corrected chi connectivity index (χ0v) is 12.3. The number of aliphatic hydroxyl groups is 1.